The van der Waals surface area contributed by atoms with E-state index in [0.717, 1.165) is 0 Å². The summed E-state index contributed by atoms with van der Waals surface area (Å²) in [7, 11) is 0. The number of hydrogen-bond donors (Lipinski definition) is 2. The molecule has 100 valence electrons. The predicted molar refractivity (Wildman–Crippen MR) is 63.7 cm³/mol. The first-order valence-corrected chi connectivity index (χ1v) is 6.03. The van der Waals surface area contributed by atoms with Crippen LogP contribution in [0.3, 0.4) is 0 Å². The fourth-order valence-corrected chi connectivity index (χ4v) is 2.01. The topological polar surface area (TPSA) is 70.0 Å². The van der Waals surface area contributed by atoms with E-state index in [0.29, 0.717) is 12.8 Å². The van der Waals surface area contributed by atoms with E-state index in [-0.39, 0.29) is 19.2 Å². The Labute approximate surface area is 102 Å². The standard InChI is InChI=1S/C12H23NO4/c1-5-12(16)6-9(7-14)13(8-12)10(15)17-11(2,3)4/h9,14,16H,5-8H2,1-4H3/t9-,12?/m0/s1. The molecule has 1 amide bonds. The van der Waals surface area contributed by atoms with Crippen molar-refractivity contribution in [1.29, 1.82) is 0 Å². The minimum absolute atomic E-state index is 0.151. The molecule has 1 fully saturated rings. The largest absolute Gasteiger partial charge is 0.444 e. The molecule has 5 heteroatoms. The molecule has 2 N–H and O–H groups in total. The number of aliphatic hydroxyl groups is 2. The van der Waals surface area contributed by atoms with Crippen molar-refractivity contribution in [2.45, 2.75) is 57.8 Å². The lowest BCUT2D eigenvalue weighted by molar-refractivity contribution is 0.00922. The second kappa shape index (κ2) is 4.82. The fourth-order valence-electron chi connectivity index (χ4n) is 2.01. The van der Waals surface area contributed by atoms with Gasteiger partial charge in [0, 0.05) is 6.42 Å². The van der Waals surface area contributed by atoms with Crippen LogP contribution < -0.4 is 0 Å². The van der Waals surface area contributed by atoms with E-state index >= 15 is 0 Å². The first-order chi connectivity index (χ1) is 7.71. The highest BCUT2D eigenvalue weighted by Gasteiger charge is 2.44. The lowest BCUT2D eigenvalue weighted by Gasteiger charge is -2.28. The van der Waals surface area contributed by atoms with Gasteiger partial charge in [0.15, 0.2) is 0 Å². The van der Waals surface area contributed by atoms with Crippen LogP contribution in [-0.4, -0.2) is 51.6 Å². The van der Waals surface area contributed by atoms with Gasteiger partial charge < -0.3 is 14.9 Å². The third-order valence-corrected chi connectivity index (χ3v) is 3.02. The number of ether oxygens (including phenoxy) is 1. The van der Waals surface area contributed by atoms with Crippen LogP contribution in [0.5, 0.6) is 0 Å². The van der Waals surface area contributed by atoms with Gasteiger partial charge in [-0.05, 0) is 27.2 Å². The van der Waals surface area contributed by atoms with Crippen LogP contribution in [0, 0.1) is 0 Å². The number of carbonyl (C=O) groups excluding carboxylic acids is 1. The number of likely N-dealkylation sites (tertiary alicyclic amines) is 1. The van der Waals surface area contributed by atoms with Gasteiger partial charge in [0.05, 0.1) is 24.8 Å². The average Bonchev–Trinajstić information content (AvgIpc) is 2.54. The van der Waals surface area contributed by atoms with Crippen LogP contribution in [-0.2, 0) is 4.74 Å². The maximum Gasteiger partial charge on any atom is 0.410 e. The number of carbonyl (C=O) groups is 1. The van der Waals surface area contributed by atoms with Crippen LogP contribution in [0.15, 0.2) is 0 Å². The van der Waals surface area contributed by atoms with Gasteiger partial charge in [-0.1, -0.05) is 6.92 Å². The Kier molecular flexibility index (Phi) is 4.04. The number of rotatable bonds is 2. The average molecular weight is 245 g/mol. The molecule has 1 aliphatic heterocycles. The Hall–Kier alpha value is -0.810. The Morgan fingerprint density at radius 3 is 2.53 bits per heavy atom. The van der Waals surface area contributed by atoms with E-state index in [1.54, 1.807) is 20.8 Å². The number of aliphatic hydroxyl groups excluding tert-OH is 1. The third kappa shape index (κ3) is 3.57. The maximum absolute atomic E-state index is 11.9. The van der Waals surface area contributed by atoms with Crippen molar-refractivity contribution in [1.82, 2.24) is 4.90 Å². The molecule has 0 aromatic rings. The molecule has 1 heterocycles. The van der Waals surface area contributed by atoms with Crippen molar-refractivity contribution < 1.29 is 19.7 Å². The molecule has 0 aromatic carbocycles. The Morgan fingerprint density at radius 1 is 1.53 bits per heavy atom. The molecule has 17 heavy (non-hydrogen) atoms. The van der Waals surface area contributed by atoms with Crippen molar-refractivity contribution in [3.8, 4) is 0 Å². The minimum atomic E-state index is -0.899. The summed E-state index contributed by atoms with van der Waals surface area (Å²) in [6.07, 6.45) is 0.489. The van der Waals surface area contributed by atoms with Gasteiger partial charge in [0.25, 0.3) is 0 Å². The lowest BCUT2D eigenvalue weighted by Crippen LogP contribution is -2.42. The predicted octanol–water partition coefficient (Wildman–Crippen LogP) is 1.13. The highest BCUT2D eigenvalue weighted by molar-refractivity contribution is 5.69. The zero-order valence-corrected chi connectivity index (χ0v) is 11.1. The maximum atomic E-state index is 11.9. The molecule has 0 aliphatic carbocycles. The van der Waals surface area contributed by atoms with Crippen molar-refractivity contribution in [3.05, 3.63) is 0 Å². The number of amides is 1. The monoisotopic (exact) mass is 245 g/mol. The third-order valence-electron chi connectivity index (χ3n) is 3.02. The molecule has 5 nitrogen and oxygen atoms in total. The molecule has 0 bridgehead atoms. The van der Waals surface area contributed by atoms with Crippen molar-refractivity contribution in [2.24, 2.45) is 0 Å². The Balaban J connectivity index is 2.73. The summed E-state index contributed by atoms with van der Waals surface area (Å²) in [6.45, 7) is 7.32. The SMILES string of the molecule is CCC1(O)C[C@@H](CO)N(C(=O)OC(C)(C)C)C1. The normalized spacial score (nSPS) is 29.5. The molecule has 2 atom stereocenters. The summed E-state index contributed by atoms with van der Waals surface area (Å²) in [5.74, 6) is 0. The summed E-state index contributed by atoms with van der Waals surface area (Å²) >= 11 is 0. The fraction of sp³-hybridized carbons (Fsp3) is 0.917. The molecule has 0 radical (unpaired) electrons. The molecule has 1 saturated heterocycles. The van der Waals surface area contributed by atoms with E-state index < -0.39 is 17.3 Å². The molecule has 1 unspecified atom stereocenters. The van der Waals surface area contributed by atoms with Gasteiger partial charge in [0.1, 0.15) is 5.60 Å². The summed E-state index contributed by atoms with van der Waals surface area (Å²) in [6, 6.07) is -0.352. The second-order valence-corrected chi connectivity index (χ2v) is 5.73. The molecule has 1 aliphatic rings. The van der Waals surface area contributed by atoms with Gasteiger partial charge in [-0.25, -0.2) is 4.79 Å². The van der Waals surface area contributed by atoms with Crippen LogP contribution in [0.25, 0.3) is 0 Å². The second-order valence-electron chi connectivity index (χ2n) is 5.73. The quantitative estimate of drug-likeness (QED) is 0.765. The van der Waals surface area contributed by atoms with Gasteiger partial charge >= 0.3 is 6.09 Å². The number of nitrogens with zero attached hydrogens (tertiary/aromatic N) is 1. The lowest BCUT2D eigenvalue weighted by atomic mass is 9.98. The van der Waals surface area contributed by atoms with Crippen molar-refractivity contribution in [2.75, 3.05) is 13.2 Å². The molecule has 1 rings (SSSR count). The smallest absolute Gasteiger partial charge is 0.410 e. The summed E-state index contributed by atoms with van der Waals surface area (Å²) in [4.78, 5) is 13.3. The van der Waals surface area contributed by atoms with Crippen molar-refractivity contribution >= 4 is 6.09 Å². The van der Waals surface area contributed by atoms with Gasteiger partial charge in [-0.15, -0.1) is 0 Å². The van der Waals surface area contributed by atoms with Crippen LogP contribution in [0.2, 0.25) is 0 Å². The zero-order chi connectivity index (χ0) is 13.3. The van der Waals surface area contributed by atoms with Gasteiger partial charge in [-0.3, -0.25) is 4.90 Å². The molecule has 0 aromatic heterocycles. The Morgan fingerprint density at radius 2 is 2.12 bits per heavy atom. The number of β-amino-alcohol motifs (C(OH)–C–C–N with tert-alkyl or cyclic N) is 1. The van der Waals surface area contributed by atoms with E-state index in [4.69, 9.17) is 4.74 Å². The minimum Gasteiger partial charge on any atom is -0.444 e. The van der Waals surface area contributed by atoms with Crippen molar-refractivity contribution in [3.63, 3.8) is 0 Å². The molecule has 0 spiro atoms. The summed E-state index contributed by atoms with van der Waals surface area (Å²) in [5, 5.41) is 19.4. The van der Waals surface area contributed by atoms with E-state index in [2.05, 4.69) is 0 Å². The molecular weight excluding hydrogens is 222 g/mol. The van der Waals surface area contributed by atoms with Gasteiger partial charge in [0.2, 0.25) is 0 Å². The van der Waals surface area contributed by atoms with Gasteiger partial charge in [-0.2, -0.15) is 0 Å². The highest BCUT2D eigenvalue weighted by Crippen LogP contribution is 2.30. The Bertz CT molecular complexity index is 287. The van der Waals surface area contributed by atoms with Crippen LogP contribution in [0.4, 0.5) is 4.79 Å². The summed E-state index contributed by atoms with van der Waals surface area (Å²) < 4.78 is 5.26. The summed E-state index contributed by atoms with van der Waals surface area (Å²) in [5.41, 5.74) is -1.46. The van der Waals surface area contributed by atoms with Crippen LogP contribution >= 0.6 is 0 Å². The highest BCUT2D eigenvalue weighted by atomic mass is 16.6. The molecular formula is C12H23NO4. The zero-order valence-electron chi connectivity index (χ0n) is 11.1. The number of hydrogen-bond acceptors (Lipinski definition) is 4. The first-order valence-electron chi connectivity index (χ1n) is 6.03. The molecule has 0 saturated carbocycles. The van der Waals surface area contributed by atoms with E-state index in [9.17, 15) is 15.0 Å². The first kappa shape index (κ1) is 14.3. The van der Waals surface area contributed by atoms with E-state index in [1.165, 1.54) is 4.90 Å². The van der Waals surface area contributed by atoms with Crippen LogP contribution in [0.1, 0.15) is 40.5 Å². The van der Waals surface area contributed by atoms with E-state index in [1.807, 2.05) is 6.92 Å².